The first-order valence-corrected chi connectivity index (χ1v) is 9.43. The van der Waals surface area contributed by atoms with E-state index in [0.29, 0.717) is 6.54 Å². The van der Waals surface area contributed by atoms with Crippen LogP contribution in [-0.4, -0.2) is 36.2 Å². The molecule has 1 aliphatic carbocycles. The number of nitrogens with one attached hydrogen (secondary N) is 1. The summed E-state index contributed by atoms with van der Waals surface area (Å²) in [5.41, 5.74) is -0.813. The zero-order chi connectivity index (χ0) is 20.9. The number of amides is 1. The van der Waals surface area contributed by atoms with Gasteiger partial charge in [0.1, 0.15) is 5.65 Å². The highest BCUT2D eigenvalue weighted by molar-refractivity contribution is 5.96. The fourth-order valence-electron chi connectivity index (χ4n) is 3.18. The second kappa shape index (κ2) is 6.68. The summed E-state index contributed by atoms with van der Waals surface area (Å²) >= 11 is 0. The molecule has 152 valence electrons. The number of hydrogen-bond donors (Lipinski definition) is 2. The Kier molecular flexibility index (Phi) is 4.40. The van der Waals surface area contributed by atoms with Gasteiger partial charge in [0.2, 0.25) is 11.8 Å². The number of aromatic hydroxyl groups is 1. The Balaban J connectivity index is 1.96. The molecule has 3 heterocycles. The summed E-state index contributed by atoms with van der Waals surface area (Å²) in [6.45, 7) is 6.20. The quantitative estimate of drug-likeness (QED) is 0.656. The van der Waals surface area contributed by atoms with Gasteiger partial charge in [0, 0.05) is 24.8 Å². The maximum atomic E-state index is 14.2. The minimum absolute atomic E-state index is 0.0192. The maximum absolute atomic E-state index is 14.2. The second-order valence-corrected chi connectivity index (χ2v) is 8.54. The molecule has 0 spiro atoms. The van der Waals surface area contributed by atoms with Crippen LogP contribution < -0.4 is 10.9 Å². The van der Waals surface area contributed by atoms with Crippen LogP contribution in [0.5, 0.6) is 5.88 Å². The van der Waals surface area contributed by atoms with E-state index in [1.54, 1.807) is 6.07 Å². The van der Waals surface area contributed by atoms with Crippen LogP contribution >= 0.6 is 0 Å². The van der Waals surface area contributed by atoms with E-state index in [-0.39, 0.29) is 33.9 Å². The highest BCUT2D eigenvalue weighted by Crippen LogP contribution is 2.28. The van der Waals surface area contributed by atoms with E-state index in [0.717, 1.165) is 17.4 Å². The fraction of sp³-hybridized carbons (Fsp3) is 0.400. The molecule has 1 amide bonds. The highest BCUT2D eigenvalue weighted by atomic mass is 19.1. The van der Waals surface area contributed by atoms with Gasteiger partial charge in [-0.25, -0.2) is 4.98 Å². The fourth-order valence-corrected chi connectivity index (χ4v) is 3.18. The van der Waals surface area contributed by atoms with Crippen LogP contribution in [0.1, 0.15) is 44.0 Å². The molecule has 0 atom stereocenters. The molecule has 9 heteroatoms. The van der Waals surface area contributed by atoms with Gasteiger partial charge in [0.25, 0.3) is 11.5 Å². The van der Waals surface area contributed by atoms with Crippen molar-refractivity contribution in [3.8, 4) is 17.1 Å². The molecule has 29 heavy (non-hydrogen) atoms. The van der Waals surface area contributed by atoms with Gasteiger partial charge < -0.3 is 10.4 Å². The van der Waals surface area contributed by atoms with E-state index in [9.17, 15) is 19.1 Å². The number of carbonyl (C=O) groups is 1. The molecule has 0 unspecified atom stereocenters. The standard InChI is InChI=1S/C20H22FN5O3/c1-20(2,3)10-25-14-9-13(12-5-4-8-22-16(12)21)24-26(14)19(29)15(18(25)28)17(27)23-11-6-7-11/h4-5,8-9,11,28H,6-7,10H2,1-3H3,(H,23,27). The highest BCUT2D eigenvalue weighted by Gasteiger charge is 2.30. The summed E-state index contributed by atoms with van der Waals surface area (Å²) in [5.74, 6) is -1.78. The molecule has 1 fully saturated rings. The molecule has 0 saturated heterocycles. The van der Waals surface area contributed by atoms with Crippen LogP contribution in [0.15, 0.2) is 29.2 Å². The van der Waals surface area contributed by atoms with Gasteiger partial charge >= 0.3 is 0 Å². The first-order chi connectivity index (χ1) is 13.7. The van der Waals surface area contributed by atoms with Gasteiger partial charge in [0.05, 0.1) is 11.3 Å². The van der Waals surface area contributed by atoms with Crippen molar-refractivity contribution in [1.82, 2.24) is 24.5 Å². The molecule has 3 aromatic heterocycles. The molecule has 1 saturated carbocycles. The lowest BCUT2D eigenvalue weighted by Crippen LogP contribution is -2.35. The van der Waals surface area contributed by atoms with Crippen LogP contribution in [0, 0.1) is 11.4 Å². The summed E-state index contributed by atoms with van der Waals surface area (Å²) in [7, 11) is 0. The van der Waals surface area contributed by atoms with Gasteiger partial charge in [-0.3, -0.25) is 14.2 Å². The molecule has 2 N–H and O–H groups in total. The Hall–Kier alpha value is -3.23. The molecule has 0 aliphatic heterocycles. The van der Waals surface area contributed by atoms with Crippen molar-refractivity contribution in [3.05, 3.63) is 46.3 Å². The molecular weight excluding hydrogens is 377 g/mol. The zero-order valence-corrected chi connectivity index (χ0v) is 16.4. The van der Waals surface area contributed by atoms with Crippen molar-refractivity contribution in [3.63, 3.8) is 0 Å². The predicted octanol–water partition coefficient (Wildman–Crippen LogP) is 2.34. The Morgan fingerprint density at radius 1 is 1.38 bits per heavy atom. The largest absolute Gasteiger partial charge is 0.494 e. The minimum atomic E-state index is -0.753. The molecular formula is C20H22FN5O3. The topological polar surface area (TPSA) is 102 Å². The van der Waals surface area contributed by atoms with E-state index in [1.165, 1.54) is 22.9 Å². The third-order valence-electron chi connectivity index (χ3n) is 4.66. The van der Waals surface area contributed by atoms with Crippen molar-refractivity contribution in [1.29, 1.82) is 0 Å². The molecule has 3 aromatic rings. The summed E-state index contributed by atoms with van der Waals surface area (Å²) in [6, 6.07) is 4.60. The first kappa shape index (κ1) is 19.1. The maximum Gasteiger partial charge on any atom is 0.291 e. The monoisotopic (exact) mass is 399 g/mol. The van der Waals surface area contributed by atoms with Crippen molar-refractivity contribution in [2.75, 3.05) is 0 Å². The molecule has 4 rings (SSSR count). The summed E-state index contributed by atoms with van der Waals surface area (Å²) in [4.78, 5) is 29.2. The van der Waals surface area contributed by atoms with Crippen LogP contribution in [0.2, 0.25) is 0 Å². The van der Waals surface area contributed by atoms with E-state index in [1.807, 2.05) is 20.8 Å². The average Bonchev–Trinajstić information content (AvgIpc) is 3.33. The van der Waals surface area contributed by atoms with Gasteiger partial charge in [-0.15, -0.1) is 0 Å². The Morgan fingerprint density at radius 3 is 2.72 bits per heavy atom. The summed E-state index contributed by atoms with van der Waals surface area (Å²) < 4.78 is 16.7. The number of carbonyl (C=O) groups excluding carboxylic acids is 1. The lowest BCUT2D eigenvalue weighted by Gasteiger charge is -2.23. The van der Waals surface area contributed by atoms with Crippen molar-refractivity contribution >= 4 is 11.6 Å². The summed E-state index contributed by atoms with van der Waals surface area (Å²) in [5, 5.41) is 17.8. The molecule has 0 radical (unpaired) electrons. The predicted molar refractivity (Wildman–Crippen MR) is 104 cm³/mol. The van der Waals surface area contributed by atoms with E-state index >= 15 is 0 Å². The van der Waals surface area contributed by atoms with Gasteiger partial charge in [-0.2, -0.15) is 14.0 Å². The van der Waals surface area contributed by atoms with Crippen molar-refractivity contribution in [2.45, 2.75) is 46.2 Å². The van der Waals surface area contributed by atoms with Gasteiger partial charge in [-0.05, 0) is 30.4 Å². The normalized spacial score (nSPS) is 14.3. The lowest BCUT2D eigenvalue weighted by molar-refractivity contribution is 0.0944. The Labute approximate surface area is 166 Å². The number of fused-ring (bicyclic) bond motifs is 1. The SMILES string of the molecule is CC(C)(C)Cn1c(O)c(C(=O)NC2CC2)c(=O)n2nc(-c3cccnc3F)cc12. The minimum Gasteiger partial charge on any atom is -0.494 e. The number of aromatic nitrogens is 4. The van der Waals surface area contributed by atoms with Crippen LogP contribution in [0.4, 0.5) is 4.39 Å². The first-order valence-electron chi connectivity index (χ1n) is 9.43. The number of pyridine rings is 1. The van der Waals surface area contributed by atoms with Crippen LogP contribution in [-0.2, 0) is 6.54 Å². The van der Waals surface area contributed by atoms with E-state index in [4.69, 9.17) is 0 Å². The number of hydrogen-bond acceptors (Lipinski definition) is 5. The van der Waals surface area contributed by atoms with Crippen LogP contribution in [0.25, 0.3) is 16.9 Å². The average molecular weight is 399 g/mol. The molecule has 8 nitrogen and oxygen atoms in total. The third-order valence-corrected chi connectivity index (χ3v) is 4.66. The number of halogens is 1. The second-order valence-electron chi connectivity index (χ2n) is 8.54. The lowest BCUT2D eigenvalue weighted by atomic mass is 9.96. The molecule has 0 bridgehead atoms. The third kappa shape index (κ3) is 3.59. The van der Waals surface area contributed by atoms with Crippen molar-refractivity contribution in [2.24, 2.45) is 5.41 Å². The molecule has 1 aliphatic rings. The zero-order valence-electron chi connectivity index (χ0n) is 16.4. The smallest absolute Gasteiger partial charge is 0.291 e. The Bertz CT molecular complexity index is 1170. The molecule has 0 aromatic carbocycles. The van der Waals surface area contributed by atoms with E-state index < -0.39 is 23.3 Å². The van der Waals surface area contributed by atoms with Gasteiger partial charge in [-0.1, -0.05) is 20.8 Å². The van der Waals surface area contributed by atoms with Crippen LogP contribution in [0.3, 0.4) is 0 Å². The summed E-state index contributed by atoms with van der Waals surface area (Å²) in [6.07, 6.45) is 3.01. The number of nitrogens with zero attached hydrogens (tertiary/aromatic N) is 4. The number of rotatable bonds is 4. The Morgan fingerprint density at radius 2 is 2.10 bits per heavy atom. The van der Waals surface area contributed by atoms with E-state index in [2.05, 4.69) is 15.4 Å². The van der Waals surface area contributed by atoms with Crippen molar-refractivity contribution < 1.29 is 14.3 Å². The van der Waals surface area contributed by atoms with Gasteiger partial charge in [0.15, 0.2) is 5.56 Å².